The largest absolute Gasteiger partial charge is 0.481 e. The summed E-state index contributed by atoms with van der Waals surface area (Å²) in [4.78, 5) is 22.4. The number of hydrogen-bond donors (Lipinski definition) is 3. The number of amides is 1. The van der Waals surface area contributed by atoms with Crippen LogP contribution in [0.25, 0.3) is 0 Å². The van der Waals surface area contributed by atoms with Gasteiger partial charge in [-0.25, -0.2) is 0 Å². The molecule has 0 saturated carbocycles. The number of carbonyl (C=O) groups is 2. The van der Waals surface area contributed by atoms with Crippen LogP contribution in [-0.4, -0.2) is 29.6 Å². The first-order valence-corrected chi connectivity index (χ1v) is 6.61. The summed E-state index contributed by atoms with van der Waals surface area (Å²) >= 11 is 0. The Morgan fingerprint density at radius 2 is 1.94 bits per heavy atom. The van der Waals surface area contributed by atoms with Crippen LogP contribution in [0.1, 0.15) is 46.5 Å². The third-order valence-electron chi connectivity index (χ3n) is 2.77. The molecule has 0 radical (unpaired) electrons. The molecule has 0 saturated heterocycles. The Balaban J connectivity index is 4.16. The van der Waals surface area contributed by atoms with Crippen LogP contribution in [0, 0.1) is 11.8 Å². The van der Waals surface area contributed by atoms with E-state index in [9.17, 15) is 9.59 Å². The van der Waals surface area contributed by atoms with Crippen LogP contribution in [0.15, 0.2) is 0 Å². The van der Waals surface area contributed by atoms with Crippen molar-refractivity contribution in [2.45, 2.75) is 52.5 Å². The molecule has 0 unspecified atom stereocenters. The molecule has 5 nitrogen and oxygen atoms in total. The molecular weight excluding hydrogens is 232 g/mol. The highest BCUT2D eigenvalue weighted by Gasteiger charge is 2.18. The number of carbonyl (C=O) groups excluding carboxylic acids is 1. The Kier molecular flexibility index (Phi) is 8.37. The molecule has 0 aromatic heterocycles. The number of carboxylic acid groups (broad SMARTS) is 1. The molecule has 0 fully saturated rings. The molecule has 2 atom stereocenters. The molecule has 0 rings (SSSR count). The van der Waals surface area contributed by atoms with Crippen molar-refractivity contribution in [3.05, 3.63) is 0 Å². The fraction of sp³-hybridized carbons (Fsp3) is 0.846. The maximum Gasteiger partial charge on any atom is 0.303 e. The van der Waals surface area contributed by atoms with E-state index in [0.29, 0.717) is 18.9 Å². The summed E-state index contributed by atoms with van der Waals surface area (Å²) in [7, 11) is 0. The third kappa shape index (κ3) is 8.06. The molecular formula is C13H26N2O3. The Labute approximate surface area is 109 Å². The Bertz CT molecular complexity index is 267. The van der Waals surface area contributed by atoms with E-state index in [-0.39, 0.29) is 18.2 Å². The summed E-state index contributed by atoms with van der Waals surface area (Å²) in [5, 5.41) is 11.6. The maximum absolute atomic E-state index is 11.6. The summed E-state index contributed by atoms with van der Waals surface area (Å²) in [6, 6.07) is -0.487. The predicted octanol–water partition coefficient (Wildman–Crippen LogP) is 1.37. The molecule has 106 valence electrons. The molecule has 0 aliphatic heterocycles. The number of hydrogen-bond acceptors (Lipinski definition) is 3. The smallest absolute Gasteiger partial charge is 0.303 e. The fourth-order valence-electron chi connectivity index (χ4n) is 1.97. The second kappa shape index (κ2) is 8.91. The molecule has 0 bridgehead atoms. The number of aliphatic carboxylic acids is 1. The van der Waals surface area contributed by atoms with Crippen molar-refractivity contribution in [3.63, 3.8) is 0 Å². The van der Waals surface area contributed by atoms with E-state index in [1.807, 2.05) is 20.8 Å². The average molecular weight is 258 g/mol. The van der Waals surface area contributed by atoms with E-state index < -0.39 is 12.0 Å². The van der Waals surface area contributed by atoms with E-state index in [0.717, 1.165) is 12.8 Å². The standard InChI is InChI=1S/C13H26N2O3/c1-4-5-11(14)13(18)15-8-10(6-9(2)3)7-12(16)17/h9-11H,4-8,14H2,1-3H3,(H,15,18)(H,16,17)/t10-,11-/m0/s1. The van der Waals surface area contributed by atoms with Gasteiger partial charge in [-0.05, 0) is 24.7 Å². The maximum atomic E-state index is 11.6. The molecule has 0 aromatic carbocycles. The van der Waals surface area contributed by atoms with Crippen molar-refractivity contribution < 1.29 is 14.7 Å². The number of carboxylic acids is 1. The van der Waals surface area contributed by atoms with Crippen molar-refractivity contribution >= 4 is 11.9 Å². The van der Waals surface area contributed by atoms with Gasteiger partial charge in [-0.1, -0.05) is 27.2 Å². The molecule has 0 spiro atoms. The minimum Gasteiger partial charge on any atom is -0.481 e. The van der Waals surface area contributed by atoms with Crippen molar-refractivity contribution in [1.82, 2.24) is 5.32 Å². The van der Waals surface area contributed by atoms with E-state index in [1.54, 1.807) is 0 Å². The molecule has 0 aliphatic rings. The van der Waals surface area contributed by atoms with Gasteiger partial charge in [0, 0.05) is 13.0 Å². The number of nitrogens with two attached hydrogens (primary N) is 1. The van der Waals surface area contributed by atoms with Crippen LogP contribution in [0.3, 0.4) is 0 Å². The van der Waals surface area contributed by atoms with Gasteiger partial charge >= 0.3 is 5.97 Å². The monoisotopic (exact) mass is 258 g/mol. The van der Waals surface area contributed by atoms with Gasteiger partial charge in [0.05, 0.1) is 6.04 Å². The highest BCUT2D eigenvalue weighted by Crippen LogP contribution is 2.14. The first-order valence-electron chi connectivity index (χ1n) is 6.61. The molecule has 0 aromatic rings. The molecule has 5 heteroatoms. The average Bonchev–Trinajstić information content (AvgIpc) is 2.24. The lowest BCUT2D eigenvalue weighted by Gasteiger charge is -2.19. The third-order valence-corrected chi connectivity index (χ3v) is 2.77. The van der Waals surface area contributed by atoms with Gasteiger partial charge in [0.25, 0.3) is 0 Å². The van der Waals surface area contributed by atoms with E-state index >= 15 is 0 Å². The van der Waals surface area contributed by atoms with Gasteiger partial charge in [0.1, 0.15) is 0 Å². The summed E-state index contributed by atoms with van der Waals surface area (Å²) in [6.45, 7) is 6.44. The van der Waals surface area contributed by atoms with Gasteiger partial charge in [-0.2, -0.15) is 0 Å². The molecule has 4 N–H and O–H groups in total. The lowest BCUT2D eigenvalue weighted by molar-refractivity contribution is -0.138. The molecule has 1 amide bonds. The number of nitrogens with one attached hydrogen (secondary N) is 1. The predicted molar refractivity (Wildman–Crippen MR) is 71.1 cm³/mol. The topological polar surface area (TPSA) is 92.4 Å². The fourth-order valence-corrected chi connectivity index (χ4v) is 1.97. The van der Waals surface area contributed by atoms with Crippen LogP contribution in [-0.2, 0) is 9.59 Å². The van der Waals surface area contributed by atoms with Crippen molar-refractivity contribution in [3.8, 4) is 0 Å². The minimum absolute atomic E-state index is 0.0275. The Morgan fingerprint density at radius 1 is 1.33 bits per heavy atom. The summed E-state index contributed by atoms with van der Waals surface area (Å²) in [5.74, 6) is -0.625. The van der Waals surface area contributed by atoms with Gasteiger partial charge in [-0.15, -0.1) is 0 Å². The first kappa shape index (κ1) is 16.9. The molecule has 0 aliphatic carbocycles. The Hall–Kier alpha value is -1.10. The van der Waals surface area contributed by atoms with Crippen LogP contribution in [0.5, 0.6) is 0 Å². The van der Waals surface area contributed by atoms with E-state index in [2.05, 4.69) is 5.32 Å². The SMILES string of the molecule is CCC[C@H](N)C(=O)NC[C@H](CC(=O)O)CC(C)C. The lowest BCUT2D eigenvalue weighted by Crippen LogP contribution is -2.42. The van der Waals surface area contributed by atoms with Gasteiger partial charge in [0.2, 0.25) is 5.91 Å². The van der Waals surface area contributed by atoms with Crippen LogP contribution < -0.4 is 11.1 Å². The summed E-state index contributed by atoms with van der Waals surface area (Å²) < 4.78 is 0. The quantitative estimate of drug-likeness (QED) is 0.582. The van der Waals surface area contributed by atoms with Crippen molar-refractivity contribution in [2.24, 2.45) is 17.6 Å². The van der Waals surface area contributed by atoms with Gasteiger partial charge < -0.3 is 16.2 Å². The zero-order valence-corrected chi connectivity index (χ0v) is 11.6. The number of rotatable bonds is 9. The highest BCUT2D eigenvalue weighted by atomic mass is 16.4. The second-order valence-electron chi connectivity index (χ2n) is 5.23. The van der Waals surface area contributed by atoms with Crippen molar-refractivity contribution in [2.75, 3.05) is 6.54 Å². The minimum atomic E-state index is -0.826. The van der Waals surface area contributed by atoms with Crippen LogP contribution in [0.4, 0.5) is 0 Å². The van der Waals surface area contributed by atoms with Crippen LogP contribution in [0.2, 0.25) is 0 Å². The summed E-state index contributed by atoms with van der Waals surface area (Å²) in [5.41, 5.74) is 5.69. The van der Waals surface area contributed by atoms with E-state index in [1.165, 1.54) is 0 Å². The summed E-state index contributed by atoms with van der Waals surface area (Å²) in [6.07, 6.45) is 2.38. The van der Waals surface area contributed by atoms with Crippen LogP contribution >= 0.6 is 0 Å². The first-order chi connectivity index (χ1) is 8.36. The molecule has 0 heterocycles. The molecule has 18 heavy (non-hydrogen) atoms. The Morgan fingerprint density at radius 3 is 2.39 bits per heavy atom. The second-order valence-corrected chi connectivity index (χ2v) is 5.23. The lowest BCUT2D eigenvalue weighted by atomic mass is 9.94. The van der Waals surface area contributed by atoms with E-state index in [4.69, 9.17) is 10.8 Å². The van der Waals surface area contributed by atoms with Gasteiger partial charge in [-0.3, -0.25) is 9.59 Å². The van der Waals surface area contributed by atoms with Gasteiger partial charge in [0.15, 0.2) is 0 Å². The zero-order chi connectivity index (χ0) is 14.1. The zero-order valence-electron chi connectivity index (χ0n) is 11.6. The highest BCUT2D eigenvalue weighted by molar-refractivity contribution is 5.81. The normalized spacial score (nSPS) is 14.3. The van der Waals surface area contributed by atoms with Crippen molar-refractivity contribution in [1.29, 1.82) is 0 Å².